The summed E-state index contributed by atoms with van der Waals surface area (Å²) < 4.78 is 0. The molecule has 0 saturated heterocycles. The first-order valence-electron chi connectivity index (χ1n) is 12.3. The lowest BCUT2D eigenvalue weighted by Crippen LogP contribution is -2.63. The van der Waals surface area contributed by atoms with Crippen molar-refractivity contribution in [1.29, 1.82) is 0 Å². The number of phenolic OH excluding ortho intramolecular Hbond substituents is 2. The number of carbonyl (C=O) groups excluding carboxylic acids is 3. The van der Waals surface area contributed by atoms with E-state index in [1.807, 2.05) is 0 Å². The summed E-state index contributed by atoms with van der Waals surface area (Å²) >= 11 is 0. The fraction of sp³-hybridized carbons (Fsp3) is 0.276. The molecule has 0 unspecified atom stereocenters. The van der Waals surface area contributed by atoms with Crippen LogP contribution >= 0.6 is 0 Å². The number of benzene rings is 2. The minimum Gasteiger partial charge on any atom is -0.510 e. The van der Waals surface area contributed by atoms with Crippen LogP contribution in [0.5, 0.6) is 11.5 Å². The van der Waals surface area contributed by atoms with Crippen molar-refractivity contribution >= 4 is 29.6 Å². The van der Waals surface area contributed by atoms with E-state index in [0.717, 1.165) is 5.56 Å². The number of ketones is 2. The highest BCUT2D eigenvalue weighted by Crippen LogP contribution is 2.52. The highest BCUT2D eigenvalue weighted by Gasteiger charge is 2.63. The largest absolute Gasteiger partial charge is 0.510 e. The molecule has 39 heavy (non-hydrogen) atoms. The Morgan fingerprint density at radius 3 is 2.31 bits per heavy atom. The van der Waals surface area contributed by atoms with E-state index in [0.29, 0.717) is 11.1 Å². The highest BCUT2D eigenvalue weighted by molar-refractivity contribution is 6.24. The van der Waals surface area contributed by atoms with Crippen LogP contribution in [0.3, 0.4) is 0 Å². The standard InChI is InChI=1S/C29H28N2O8/c1-31(2)23-18-12-15-11-17-14(6-3-13-4-8-16(32)9-5-13)7-10-19(33)21(17)24(34)20(15)26(36)29(18,39)27(37)22(25(23)35)28(30)38/h3-10,15,18,23,32-33,35-36,39H,11-12H2,1-2H3,(H2,30,38)/b6-3+/t15-,18-,23-,29+/m1/s1. The van der Waals surface area contributed by atoms with Crippen molar-refractivity contribution < 1.29 is 39.9 Å². The Balaban J connectivity index is 1.65. The number of fused-ring (bicyclic) bond motifs is 3. The first kappa shape index (κ1) is 26.2. The Morgan fingerprint density at radius 1 is 1.03 bits per heavy atom. The van der Waals surface area contributed by atoms with Gasteiger partial charge in [0.15, 0.2) is 11.4 Å². The van der Waals surface area contributed by atoms with Crippen LogP contribution in [0.25, 0.3) is 12.2 Å². The molecule has 10 heteroatoms. The predicted octanol–water partition coefficient (Wildman–Crippen LogP) is 2.00. The van der Waals surface area contributed by atoms with E-state index in [1.165, 1.54) is 11.0 Å². The van der Waals surface area contributed by atoms with Crippen LogP contribution in [0.15, 0.2) is 59.1 Å². The minimum absolute atomic E-state index is 0.0164. The van der Waals surface area contributed by atoms with Gasteiger partial charge in [0, 0.05) is 11.5 Å². The van der Waals surface area contributed by atoms with Crippen LogP contribution in [0.4, 0.5) is 0 Å². The molecular formula is C29H28N2O8. The van der Waals surface area contributed by atoms with Gasteiger partial charge < -0.3 is 31.3 Å². The number of allylic oxidation sites excluding steroid dienone is 1. The van der Waals surface area contributed by atoms with E-state index in [1.54, 1.807) is 56.6 Å². The number of likely N-dealkylation sites (N-methyl/N-ethyl adjacent to an activating group) is 1. The van der Waals surface area contributed by atoms with Gasteiger partial charge in [0.25, 0.3) is 5.91 Å². The van der Waals surface area contributed by atoms with Gasteiger partial charge in [-0.05, 0) is 67.7 Å². The molecule has 3 aliphatic carbocycles. The van der Waals surface area contributed by atoms with E-state index in [4.69, 9.17) is 5.73 Å². The first-order chi connectivity index (χ1) is 18.4. The number of primary amides is 1. The normalized spacial score (nSPS) is 26.6. The summed E-state index contributed by atoms with van der Waals surface area (Å²) in [5, 5.41) is 54.0. The van der Waals surface area contributed by atoms with Gasteiger partial charge in [-0.3, -0.25) is 19.3 Å². The lowest BCUT2D eigenvalue weighted by atomic mass is 9.58. The molecule has 0 spiro atoms. The van der Waals surface area contributed by atoms with E-state index in [2.05, 4.69) is 0 Å². The van der Waals surface area contributed by atoms with Gasteiger partial charge in [0.2, 0.25) is 5.78 Å². The number of nitrogens with two attached hydrogens (primary N) is 1. The third kappa shape index (κ3) is 3.83. The zero-order valence-electron chi connectivity index (χ0n) is 21.3. The molecule has 1 amide bonds. The second-order valence-corrected chi connectivity index (χ2v) is 10.4. The number of aliphatic hydroxyl groups is 3. The van der Waals surface area contributed by atoms with Crippen molar-refractivity contribution in [3.05, 3.63) is 81.3 Å². The average Bonchev–Trinajstić information content (AvgIpc) is 2.86. The summed E-state index contributed by atoms with van der Waals surface area (Å²) in [6, 6.07) is 8.47. The maximum Gasteiger partial charge on any atom is 0.255 e. The topological polar surface area (TPSA) is 182 Å². The van der Waals surface area contributed by atoms with Crippen molar-refractivity contribution in [3.8, 4) is 11.5 Å². The lowest BCUT2D eigenvalue weighted by Gasteiger charge is -2.50. The number of hydrogen-bond acceptors (Lipinski definition) is 9. The second kappa shape index (κ2) is 9.11. The molecule has 202 valence electrons. The first-order valence-corrected chi connectivity index (χ1v) is 12.3. The quantitative estimate of drug-likeness (QED) is 0.253. The summed E-state index contributed by atoms with van der Waals surface area (Å²) in [6.07, 6.45) is 3.77. The zero-order chi connectivity index (χ0) is 28.4. The van der Waals surface area contributed by atoms with Crippen LogP contribution in [0, 0.1) is 11.8 Å². The summed E-state index contributed by atoms with van der Waals surface area (Å²) in [5.74, 6) is -6.72. The van der Waals surface area contributed by atoms with Gasteiger partial charge in [-0.1, -0.05) is 30.4 Å². The minimum atomic E-state index is -2.67. The molecule has 10 nitrogen and oxygen atoms in total. The van der Waals surface area contributed by atoms with E-state index < -0.39 is 58.0 Å². The Labute approximate surface area is 223 Å². The molecule has 7 N–H and O–H groups in total. The molecular weight excluding hydrogens is 504 g/mol. The molecule has 0 radical (unpaired) electrons. The fourth-order valence-electron chi connectivity index (χ4n) is 6.20. The van der Waals surface area contributed by atoms with E-state index >= 15 is 0 Å². The maximum absolute atomic E-state index is 13.7. The van der Waals surface area contributed by atoms with Crippen LogP contribution in [0.2, 0.25) is 0 Å². The number of nitrogens with zero attached hydrogens (tertiary/aromatic N) is 1. The molecule has 5 rings (SSSR count). The SMILES string of the molecule is CN(C)[C@H]1C(O)=C(C(N)=O)C(=O)[C@@]2(O)C(O)=C3C(=O)c4c(O)ccc(/C=C/c5ccc(O)cc5)c4C[C@@H]3C[C@H]12. The Bertz CT molecular complexity index is 1520. The molecule has 0 bridgehead atoms. The number of hydrogen-bond donors (Lipinski definition) is 6. The van der Waals surface area contributed by atoms with Crippen molar-refractivity contribution in [1.82, 2.24) is 4.90 Å². The van der Waals surface area contributed by atoms with Crippen LogP contribution in [0.1, 0.15) is 33.5 Å². The van der Waals surface area contributed by atoms with Crippen LogP contribution < -0.4 is 5.73 Å². The number of amides is 1. The predicted molar refractivity (Wildman–Crippen MR) is 141 cm³/mol. The average molecular weight is 533 g/mol. The molecule has 2 aromatic carbocycles. The molecule has 0 aliphatic heterocycles. The number of carbonyl (C=O) groups is 3. The highest BCUT2D eigenvalue weighted by atomic mass is 16.3. The second-order valence-electron chi connectivity index (χ2n) is 10.4. The number of phenols is 2. The number of Topliss-reactive ketones (excluding diaryl/α,β-unsaturated/α-hetero) is 2. The molecule has 0 fully saturated rings. The van der Waals surface area contributed by atoms with Crippen molar-refractivity contribution in [3.63, 3.8) is 0 Å². The smallest absolute Gasteiger partial charge is 0.255 e. The number of rotatable bonds is 4. The van der Waals surface area contributed by atoms with Crippen LogP contribution in [-0.2, 0) is 16.0 Å². The van der Waals surface area contributed by atoms with Gasteiger partial charge in [-0.2, -0.15) is 0 Å². The summed E-state index contributed by atoms with van der Waals surface area (Å²) in [4.78, 5) is 40.7. The van der Waals surface area contributed by atoms with Gasteiger partial charge in [-0.15, -0.1) is 0 Å². The van der Waals surface area contributed by atoms with Gasteiger partial charge >= 0.3 is 0 Å². The van der Waals surface area contributed by atoms with E-state index in [9.17, 15) is 39.9 Å². The monoisotopic (exact) mass is 532 g/mol. The molecule has 0 aromatic heterocycles. The molecule has 2 aromatic rings. The Kier molecular flexibility index (Phi) is 6.12. The van der Waals surface area contributed by atoms with Crippen molar-refractivity contribution in [2.24, 2.45) is 17.6 Å². The van der Waals surface area contributed by atoms with Crippen molar-refractivity contribution in [2.45, 2.75) is 24.5 Å². The molecule has 4 atom stereocenters. The summed E-state index contributed by atoms with van der Waals surface area (Å²) in [7, 11) is 3.16. The van der Waals surface area contributed by atoms with E-state index in [-0.39, 0.29) is 35.5 Å². The molecule has 3 aliphatic rings. The summed E-state index contributed by atoms with van der Waals surface area (Å²) in [5.41, 5.74) is 3.55. The zero-order valence-corrected chi connectivity index (χ0v) is 21.3. The van der Waals surface area contributed by atoms with Crippen LogP contribution in [-0.4, -0.2) is 73.6 Å². The Hall–Kier alpha value is -4.41. The lowest BCUT2D eigenvalue weighted by molar-refractivity contribution is -0.148. The van der Waals surface area contributed by atoms with Gasteiger partial charge in [0.05, 0.1) is 11.6 Å². The van der Waals surface area contributed by atoms with Gasteiger partial charge in [-0.25, -0.2) is 0 Å². The number of aliphatic hydroxyl groups excluding tert-OH is 2. The fourth-order valence-corrected chi connectivity index (χ4v) is 6.20. The molecule has 0 heterocycles. The molecule has 0 saturated carbocycles. The third-order valence-corrected chi connectivity index (χ3v) is 7.99. The summed E-state index contributed by atoms with van der Waals surface area (Å²) in [6.45, 7) is 0. The van der Waals surface area contributed by atoms with Crippen molar-refractivity contribution in [2.75, 3.05) is 14.1 Å². The Morgan fingerprint density at radius 2 is 1.69 bits per heavy atom. The van der Waals surface area contributed by atoms with Gasteiger partial charge in [0.1, 0.15) is 28.6 Å². The number of aromatic hydroxyl groups is 2. The third-order valence-electron chi connectivity index (χ3n) is 7.99. The maximum atomic E-state index is 13.7.